The van der Waals surface area contributed by atoms with Crippen LogP contribution in [0.2, 0.25) is 0 Å². The van der Waals surface area contributed by atoms with E-state index in [4.69, 9.17) is 10.2 Å². The zero-order valence-electron chi connectivity index (χ0n) is 8.82. The van der Waals surface area contributed by atoms with Gasteiger partial charge in [-0.15, -0.1) is 0 Å². The second kappa shape index (κ2) is 7.46. The van der Waals surface area contributed by atoms with Crippen molar-refractivity contribution in [2.24, 2.45) is 0 Å². The molecule has 0 bridgehead atoms. The fourth-order valence-corrected chi connectivity index (χ4v) is 0.757. The number of carbonyl (C=O) groups is 3. The number of nitrogens with one attached hydrogen (secondary N) is 3. The second-order valence-corrected chi connectivity index (χ2v) is 2.93. The van der Waals surface area contributed by atoms with Crippen LogP contribution in [0.3, 0.4) is 0 Å². The van der Waals surface area contributed by atoms with Gasteiger partial charge in [-0.1, -0.05) is 0 Å². The fourth-order valence-electron chi connectivity index (χ4n) is 0.757. The van der Waals surface area contributed by atoms with E-state index in [1.54, 1.807) is 0 Å². The van der Waals surface area contributed by atoms with Crippen molar-refractivity contribution < 1.29 is 24.6 Å². The predicted molar refractivity (Wildman–Crippen MR) is 53.7 cm³/mol. The Morgan fingerprint density at radius 1 is 1.25 bits per heavy atom. The Hall–Kier alpha value is -1.83. The number of urea groups is 1. The Balaban J connectivity index is 3.58. The fraction of sp³-hybridized carbons (Fsp3) is 0.625. The van der Waals surface area contributed by atoms with E-state index in [-0.39, 0.29) is 25.4 Å². The number of amides is 3. The summed E-state index contributed by atoms with van der Waals surface area (Å²) in [5, 5.41) is 24.0. The summed E-state index contributed by atoms with van der Waals surface area (Å²) < 4.78 is 0. The molecule has 0 saturated carbocycles. The van der Waals surface area contributed by atoms with Crippen LogP contribution in [-0.4, -0.2) is 54.4 Å². The zero-order valence-corrected chi connectivity index (χ0v) is 8.82. The van der Waals surface area contributed by atoms with E-state index in [1.807, 2.05) is 0 Å². The Kier molecular flexibility index (Phi) is 6.61. The third-order valence-corrected chi connectivity index (χ3v) is 1.68. The molecule has 0 heterocycles. The lowest BCUT2D eigenvalue weighted by Crippen LogP contribution is -2.42. The van der Waals surface area contributed by atoms with Gasteiger partial charge in [-0.2, -0.15) is 0 Å². The lowest BCUT2D eigenvalue weighted by Gasteiger charge is -2.08. The van der Waals surface area contributed by atoms with Crippen molar-refractivity contribution in [2.45, 2.75) is 12.5 Å². The molecule has 16 heavy (non-hydrogen) atoms. The average molecular weight is 233 g/mol. The number of aliphatic carboxylic acids is 1. The zero-order chi connectivity index (χ0) is 12.6. The highest BCUT2D eigenvalue weighted by Gasteiger charge is 2.12. The van der Waals surface area contributed by atoms with E-state index in [0.717, 1.165) is 0 Å². The molecule has 0 fully saturated rings. The van der Waals surface area contributed by atoms with Gasteiger partial charge in [0.1, 0.15) is 0 Å². The van der Waals surface area contributed by atoms with Gasteiger partial charge in [-0.25, -0.2) is 9.59 Å². The van der Waals surface area contributed by atoms with Gasteiger partial charge >= 0.3 is 12.0 Å². The number of hydrogen-bond acceptors (Lipinski definition) is 4. The number of carboxylic acid groups (broad SMARTS) is 1. The summed E-state index contributed by atoms with van der Waals surface area (Å²) in [6.45, 7) is -0.156. The molecular formula is C8H15N3O5. The summed E-state index contributed by atoms with van der Waals surface area (Å²) in [5.41, 5.74) is 0. The quantitative estimate of drug-likeness (QED) is 0.358. The van der Waals surface area contributed by atoms with Crippen LogP contribution in [0.1, 0.15) is 6.42 Å². The van der Waals surface area contributed by atoms with Crippen molar-refractivity contribution in [2.75, 3.05) is 20.1 Å². The molecule has 8 nitrogen and oxygen atoms in total. The summed E-state index contributed by atoms with van der Waals surface area (Å²) in [5.74, 6) is -1.69. The van der Waals surface area contributed by atoms with Crippen molar-refractivity contribution in [3.8, 4) is 0 Å². The van der Waals surface area contributed by atoms with Crippen LogP contribution in [0.25, 0.3) is 0 Å². The molecule has 0 saturated heterocycles. The van der Waals surface area contributed by atoms with Gasteiger partial charge in [-0.05, 0) is 0 Å². The largest absolute Gasteiger partial charge is 0.479 e. The SMILES string of the molecule is CNC(=O)CNC(=O)NCCC(O)C(=O)O. The first-order valence-electron chi connectivity index (χ1n) is 4.60. The van der Waals surface area contributed by atoms with E-state index < -0.39 is 18.1 Å². The number of carboxylic acids is 1. The van der Waals surface area contributed by atoms with Crippen LogP contribution in [0.15, 0.2) is 0 Å². The average Bonchev–Trinajstić information content (AvgIpc) is 2.25. The summed E-state index contributed by atoms with van der Waals surface area (Å²) in [4.78, 5) is 31.9. The third kappa shape index (κ3) is 6.60. The van der Waals surface area contributed by atoms with E-state index >= 15 is 0 Å². The first-order valence-corrected chi connectivity index (χ1v) is 4.60. The Morgan fingerprint density at radius 2 is 1.88 bits per heavy atom. The minimum Gasteiger partial charge on any atom is -0.479 e. The maximum atomic E-state index is 11.0. The van der Waals surface area contributed by atoms with Gasteiger partial charge in [0.2, 0.25) is 5.91 Å². The second-order valence-electron chi connectivity index (χ2n) is 2.93. The molecule has 92 valence electrons. The number of likely N-dealkylation sites (N-methyl/N-ethyl adjacent to an activating group) is 1. The first kappa shape index (κ1) is 14.2. The highest BCUT2D eigenvalue weighted by atomic mass is 16.4. The van der Waals surface area contributed by atoms with Crippen LogP contribution in [0.4, 0.5) is 4.79 Å². The molecule has 0 aromatic carbocycles. The highest BCUT2D eigenvalue weighted by Crippen LogP contribution is 1.88. The monoisotopic (exact) mass is 233 g/mol. The molecule has 0 aliphatic carbocycles. The van der Waals surface area contributed by atoms with Crippen LogP contribution in [-0.2, 0) is 9.59 Å². The molecule has 0 aromatic heterocycles. The van der Waals surface area contributed by atoms with Crippen LogP contribution in [0.5, 0.6) is 0 Å². The molecule has 0 spiro atoms. The summed E-state index contributed by atoms with van der Waals surface area (Å²) in [6, 6.07) is -0.596. The van der Waals surface area contributed by atoms with Gasteiger partial charge in [0, 0.05) is 20.0 Å². The Bertz CT molecular complexity index is 268. The minimum atomic E-state index is -1.50. The maximum absolute atomic E-state index is 11.0. The Morgan fingerprint density at radius 3 is 2.38 bits per heavy atom. The van der Waals surface area contributed by atoms with Crippen molar-refractivity contribution >= 4 is 17.9 Å². The smallest absolute Gasteiger partial charge is 0.332 e. The lowest BCUT2D eigenvalue weighted by atomic mass is 10.2. The van der Waals surface area contributed by atoms with E-state index in [2.05, 4.69) is 16.0 Å². The number of aliphatic hydroxyl groups excluding tert-OH is 1. The molecule has 0 radical (unpaired) electrons. The Labute approximate surface area is 92.0 Å². The van der Waals surface area contributed by atoms with E-state index in [0.29, 0.717) is 0 Å². The van der Waals surface area contributed by atoms with Crippen molar-refractivity contribution in [3.63, 3.8) is 0 Å². The van der Waals surface area contributed by atoms with Gasteiger partial charge in [-0.3, -0.25) is 4.79 Å². The van der Waals surface area contributed by atoms with E-state index in [1.165, 1.54) is 7.05 Å². The molecule has 8 heteroatoms. The summed E-state index contributed by atoms with van der Waals surface area (Å²) in [7, 11) is 1.44. The van der Waals surface area contributed by atoms with Crippen LogP contribution < -0.4 is 16.0 Å². The molecule has 3 amide bonds. The van der Waals surface area contributed by atoms with Crippen molar-refractivity contribution in [1.29, 1.82) is 0 Å². The number of carbonyl (C=O) groups excluding carboxylic acids is 2. The van der Waals surface area contributed by atoms with E-state index in [9.17, 15) is 14.4 Å². The van der Waals surface area contributed by atoms with Gasteiger partial charge in [0.05, 0.1) is 6.54 Å². The molecule has 1 atom stereocenters. The summed E-state index contributed by atoms with van der Waals surface area (Å²) >= 11 is 0. The predicted octanol–water partition coefficient (Wildman–Crippen LogP) is -2.13. The van der Waals surface area contributed by atoms with Crippen molar-refractivity contribution in [1.82, 2.24) is 16.0 Å². The first-order chi connectivity index (χ1) is 7.47. The molecule has 0 aliphatic rings. The van der Waals surface area contributed by atoms with Crippen molar-refractivity contribution in [3.05, 3.63) is 0 Å². The minimum absolute atomic E-state index is 0.00699. The molecule has 0 aliphatic heterocycles. The maximum Gasteiger partial charge on any atom is 0.332 e. The molecular weight excluding hydrogens is 218 g/mol. The molecule has 5 N–H and O–H groups in total. The summed E-state index contributed by atoms with van der Waals surface area (Å²) in [6.07, 6.45) is -1.60. The molecule has 0 rings (SSSR count). The van der Waals surface area contributed by atoms with Gasteiger partial charge in [0.25, 0.3) is 0 Å². The lowest BCUT2D eigenvalue weighted by molar-refractivity contribution is -0.146. The number of rotatable bonds is 6. The number of hydrogen-bond donors (Lipinski definition) is 5. The standard InChI is InChI=1S/C8H15N3O5/c1-9-6(13)4-11-8(16)10-3-2-5(12)7(14)15/h5,12H,2-4H2,1H3,(H,9,13)(H,14,15)(H2,10,11,16). The molecule has 0 aromatic rings. The van der Waals surface area contributed by atoms with Crippen LogP contribution >= 0.6 is 0 Å². The topological polar surface area (TPSA) is 128 Å². The van der Waals surface area contributed by atoms with Gasteiger partial charge < -0.3 is 26.2 Å². The normalized spacial score (nSPS) is 11.4. The highest BCUT2D eigenvalue weighted by molar-refractivity contribution is 5.83. The van der Waals surface area contributed by atoms with Gasteiger partial charge in [0.15, 0.2) is 6.10 Å². The third-order valence-electron chi connectivity index (χ3n) is 1.68. The number of aliphatic hydroxyl groups is 1. The molecule has 1 unspecified atom stereocenters. The van der Waals surface area contributed by atoms with Crippen LogP contribution in [0, 0.1) is 0 Å².